The molecule has 1 aromatic carbocycles. The molecule has 18 heavy (non-hydrogen) atoms. The minimum absolute atomic E-state index is 0.677. The second kappa shape index (κ2) is 4.73. The molecule has 1 heterocycles. The second-order valence-electron chi connectivity index (χ2n) is 5.11. The Labute approximate surface area is 112 Å². The Morgan fingerprint density at radius 3 is 2.50 bits per heavy atom. The topological polar surface area (TPSA) is 38.9 Å². The van der Waals surface area contributed by atoms with Crippen molar-refractivity contribution in [2.75, 3.05) is 5.73 Å². The molecule has 0 amide bonds. The molecule has 1 aliphatic rings. The molecular formula is C15H18N2S. The van der Waals surface area contributed by atoms with Crippen LogP contribution >= 0.6 is 11.3 Å². The Bertz CT molecular complexity index is 536. The van der Waals surface area contributed by atoms with Crippen LogP contribution in [0.2, 0.25) is 0 Å². The molecule has 0 radical (unpaired) electrons. The minimum Gasteiger partial charge on any atom is -0.375 e. The average Bonchev–Trinajstić information content (AvgIpc) is 2.98. The van der Waals surface area contributed by atoms with Crippen LogP contribution in [0.15, 0.2) is 24.3 Å². The smallest absolute Gasteiger partial charge is 0.180 e. The number of benzene rings is 1. The number of nitrogens with two attached hydrogens (primary N) is 1. The summed E-state index contributed by atoms with van der Waals surface area (Å²) < 4.78 is 0. The van der Waals surface area contributed by atoms with E-state index >= 15 is 0 Å². The molecule has 1 aliphatic carbocycles. The van der Waals surface area contributed by atoms with Crippen molar-refractivity contribution in [1.29, 1.82) is 0 Å². The van der Waals surface area contributed by atoms with E-state index in [0.717, 1.165) is 5.69 Å². The molecular weight excluding hydrogens is 240 g/mol. The van der Waals surface area contributed by atoms with E-state index in [1.807, 2.05) is 0 Å². The third kappa shape index (κ3) is 2.15. The quantitative estimate of drug-likeness (QED) is 0.869. The van der Waals surface area contributed by atoms with Crippen molar-refractivity contribution in [3.8, 4) is 11.3 Å². The zero-order valence-corrected chi connectivity index (χ0v) is 11.5. The van der Waals surface area contributed by atoms with Crippen molar-refractivity contribution in [1.82, 2.24) is 4.98 Å². The van der Waals surface area contributed by atoms with Crippen LogP contribution < -0.4 is 5.73 Å². The molecule has 0 saturated heterocycles. The molecule has 94 valence electrons. The predicted octanol–water partition coefficient (Wildman–Crippen LogP) is 4.36. The number of hydrogen-bond donors (Lipinski definition) is 1. The Hall–Kier alpha value is -1.35. The lowest BCUT2D eigenvalue weighted by atomic mass is 10.0. The monoisotopic (exact) mass is 258 g/mol. The summed E-state index contributed by atoms with van der Waals surface area (Å²) in [7, 11) is 0. The maximum absolute atomic E-state index is 5.92. The van der Waals surface area contributed by atoms with Crippen molar-refractivity contribution in [2.24, 2.45) is 0 Å². The SMILES string of the molecule is Cc1ccc(-c2nc(N)sc2C2CCCC2)cc1. The number of nitrogen functional groups attached to an aromatic ring is 1. The molecule has 0 atom stereocenters. The number of aromatic nitrogens is 1. The number of thiazole rings is 1. The number of nitrogens with zero attached hydrogens (tertiary/aromatic N) is 1. The molecule has 1 fully saturated rings. The summed E-state index contributed by atoms with van der Waals surface area (Å²) in [5.74, 6) is 0.677. The van der Waals surface area contributed by atoms with Crippen LogP contribution in [0, 0.1) is 6.92 Å². The normalized spacial score (nSPS) is 16.3. The van der Waals surface area contributed by atoms with E-state index in [-0.39, 0.29) is 0 Å². The zero-order valence-electron chi connectivity index (χ0n) is 10.6. The fourth-order valence-corrected chi connectivity index (χ4v) is 3.76. The molecule has 3 rings (SSSR count). The molecule has 0 unspecified atom stereocenters. The van der Waals surface area contributed by atoms with Gasteiger partial charge in [0.05, 0.1) is 5.69 Å². The van der Waals surface area contributed by atoms with E-state index in [0.29, 0.717) is 11.0 Å². The first-order chi connectivity index (χ1) is 8.74. The summed E-state index contributed by atoms with van der Waals surface area (Å²) in [6.07, 6.45) is 5.27. The van der Waals surface area contributed by atoms with Crippen LogP contribution in [0.3, 0.4) is 0 Å². The van der Waals surface area contributed by atoms with Gasteiger partial charge in [0.15, 0.2) is 5.13 Å². The lowest BCUT2D eigenvalue weighted by Crippen LogP contribution is -1.92. The first kappa shape index (κ1) is 11.7. The summed E-state index contributed by atoms with van der Waals surface area (Å²) in [6.45, 7) is 2.11. The van der Waals surface area contributed by atoms with Gasteiger partial charge in [0.2, 0.25) is 0 Å². The molecule has 0 bridgehead atoms. The number of anilines is 1. The van der Waals surface area contributed by atoms with Gasteiger partial charge in [-0.1, -0.05) is 42.7 Å². The Morgan fingerprint density at radius 2 is 1.83 bits per heavy atom. The lowest BCUT2D eigenvalue weighted by Gasteiger charge is -2.08. The van der Waals surface area contributed by atoms with Crippen molar-refractivity contribution in [2.45, 2.75) is 38.5 Å². The van der Waals surface area contributed by atoms with Gasteiger partial charge < -0.3 is 5.73 Å². The lowest BCUT2D eigenvalue weighted by molar-refractivity contribution is 0.738. The van der Waals surface area contributed by atoms with Gasteiger partial charge >= 0.3 is 0 Å². The molecule has 2 aromatic rings. The fourth-order valence-electron chi connectivity index (χ4n) is 2.73. The molecule has 1 saturated carbocycles. The van der Waals surface area contributed by atoms with Crippen LogP contribution in [0.4, 0.5) is 5.13 Å². The maximum Gasteiger partial charge on any atom is 0.180 e. The van der Waals surface area contributed by atoms with Crippen LogP contribution in [0.5, 0.6) is 0 Å². The molecule has 0 aliphatic heterocycles. The first-order valence-corrected chi connectivity index (χ1v) is 7.39. The Morgan fingerprint density at radius 1 is 1.17 bits per heavy atom. The van der Waals surface area contributed by atoms with Crippen molar-refractivity contribution >= 4 is 16.5 Å². The van der Waals surface area contributed by atoms with E-state index < -0.39 is 0 Å². The predicted molar refractivity (Wildman–Crippen MR) is 77.9 cm³/mol. The first-order valence-electron chi connectivity index (χ1n) is 6.57. The van der Waals surface area contributed by atoms with Crippen LogP contribution in [0.1, 0.15) is 42.0 Å². The molecule has 0 spiro atoms. The van der Waals surface area contributed by atoms with Crippen molar-refractivity contribution in [3.63, 3.8) is 0 Å². The summed E-state index contributed by atoms with van der Waals surface area (Å²) in [5.41, 5.74) is 9.52. The summed E-state index contributed by atoms with van der Waals surface area (Å²) in [6, 6.07) is 8.59. The van der Waals surface area contributed by atoms with E-state index in [2.05, 4.69) is 36.2 Å². The standard InChI is InChI=1S/C15H18N2S/c1-10-6-8-11(9-7-10)13-14(18-15(16)17-13)12-4-2-3-5-12/h6-9,12H,2-5H2,1H3,(H2,16,17). The van der Waals surface area contributed by atoms with E-state index in [1.165, 1.54) is 41.7 Å². The molecule has 3 heteroatoms. The average molecular weight is 258 g/mol. The molecule has 1 aromatic heterocycles. The van der Waals surface area contributed by atoms with E-state index in [9.17, 15) is 0 Å². The van der Waals surface area contributed by atoms with Crippen LogP contribution in [0.25, 0.3) is 11.3 Å². The highest BCUT2D eigenvalue weighted by molar-refractivity contribution is 7.15. The van der Waals surface area contributed by atoms with Gasteiger partial charge in [-0.3, -0.25) is 0 Å². The van der Waals surface area contributed by atoms with Crippen molar-refractivity contribution < 1.29 is 0 Å². The number of aryl methyl sites for hydroxylation is 1. The number of rotatable bonds is 2. The Kier molecular flexibility index (Phi) is 3.08. The van der Waals surface area contributed by atoms with Gasteiger partial charge in [-0.15, -0.1) is 11.3 Å². The molecule has 2 N–H and O–H groups in total. The molecule has 2 nitrogen and oxygen atoms in total. The summed E-state index contributed by atoms with van der Waals surface area (Å²) >= 11 is 1.68. The van der Waals surface area contributed by atoms with Gasteiger partial charge in [0.1, 0.15) is 0 Å². The zero-order chi connectivity index (χ0) is 12.5. The van der Waals surface area contributed by atoms with E-state index in [4.69, 9.17) is 5.73 Å². The van der Waals surface area contributed by atoms with Crippen LogP contribution in [-0.4, -0.2) is 4.98 Å². The van der Waals surface area contributed by atoms with E-state index in [1.54, 1.807) is 11.3 Å². The van der Waals surface area contributed by atoms with Crippen LogP contribution in [-0.2, 0) is 0 Å². The summed E-state index contributed by atoms with van der Waals surface area (Å²) in [5, 5.41) is 0.701. The highest BCUT2D eigenvalue weighted by Gasteiger charge is 2.23. The number of hydrogen-bond acceptors (Lipinski definition) is 3. The fraction of sp³-hybridized carbons (Fsp3) is 0.400. The van der Waals surface area contributed by atoms with Gasteiger partial charge in [-0.25, -0.2) is 4.98 Å². The van der Waals surface area contributed by atoms with Gasteiger partial charge in [-0.2, -0.15) is 0 Å². The highest BCUT2D eigenvalue weighted by atomic mass is 32.1. The van der Waals surface area contributed by atoms with Gasteiger partial charge in [0, 0.05) is 10.4 Å². The third-order valence-corrected chi connectivity index (χ3v) is 4.77. The minimum atomic E-state index is 0.677. The highest BCUT2D eigenvalue weighted by Crippen LogP contribution is 2.42. The Balaban J connectivity index is 2.02. The van der Waals surface area contributed by atoms with Gasteiger partial charge in [0.25, 0.3) is 0 Å². The maximum atomic E-state index is 5.92. The van der Waals surface area contributed by atoms with Gasteiger partial charge in [-0.05, 0) is 25.7 Å². The largest absolute Gasteiger partial charge is 0.375 e. The second-order valence-corrected chi connectivity index (χ2v) is 6.17. The summed E-state index contributed by atoms with van der Waals surface area (Å²) in [4.78, 5) is 5.95. The third-order valence-electron chi connectivity index (χ3n) is 3.72. The van der Waals surface area contributed by atoms with Crippen molar-refractivity contribution in [3.05, 3.63) is 34.7 Å².